The van der Waals surface area contributed by atoms with Crippen molar-refractivity contribution in [3.05, 3.63) is 23.2 Å². The van der Waals surface area contributed by atoms with Gasteiger partial charge in [0.1, 0.15) is 5.54 Å². The first-order valence-electron chi connectivity index (χ1n) is 4.95. The third-order valence-corrected chi connectivity index (χ3v) is 3.19. The molecule has 1 aromatic carbocycles. The number of anilines is 2. The number of amides is 1. The maximum atomic E-state index is 11.8. The van der Waals surface area contributed by atoms with Gasteiger partial charge in [0.25, 0.3) is 0 Å². The van der Waals surface area contributed by atoms with E-state index in [-0.39, 0.29) is 5.91 Å². The molecule has 0 bridgehead atoms. The molecule has 0 aliphatic carbocycles. The predicted octanol–water partition coefficient (Wildman–Crippen LogP) is 2.87. The minimum atomic E-state index is -0.571. The molecule has 1 unspecified atom stereocenters. The third-order valence-electron chi connectivity index (χ3n) is 2.87. The van der Waals surface area contributed by atoms with E-state index in [9.17, 15) is 4.79 Å². The summed E-state index contributed by atoms with van der Waals surface area (Å²) in [4.78, 5) is 11.8. The lowest BCUT2D eigenvalue weighted by Crippen LogP contribution is -2.49. The van der Waals surface area contributed by atoms with Crippen molar-refractivity contribution in [2.75, 3.05) is 10.6 Å². The summed E-state index contributed by atoms with van der Waals surface area (Å²) in [6.45, 7) is 3.84. The quantitative estimate of drug-likeness (QED) is 0.770. The second kappa shape index (κ2) is 3.42. The molecule has 3 nitrogen and oxygen atoms in total. The molecule has 0 fully saturated rings. The highest BCUT2D eigenvalue weighted by Gasteiger charge is 2.36. The fourth-order valence-electron chi connectivity index (χ4n) is 1.60. The number of nitrogens with one attached hydrogen (secondary N) is 2. The lowest BCUT2D eigenvalue weighted by molar-refractivity contribution is -0.120. The van der Waals surface area contributed by atoms with Crippen LogP contribution in [-0.2, 0) is 4.79 Å². The molecule has 2 N–H and O–H groups in total. The smallest absolute Gasteiger partial charge is 0.249 e. The molecule has 1 atom stereocenters. The van der Waals surface area contributed by atoms with E-state index < -0.39 is 5.54 Å². The normalized spacial score (nSPS) is 24.1. The Hall–Kier alpha value is -1.22. The van der Waals surface area contributed by atoms with Crippen LogP contribution in [0.25, 0.3) is 0 Å². The van der Waals surface area contributed by atoms with Gasteiger partial charge in [-0.3, -0.25) is 4.79 Å². The highest BCUT2D eigenvalue weighted by Crippen LogP contribution is 2.37. The van der Waals surface area contributed by atoms with Gasteiger partial charge in [-0.15, -0.1) is 0 Å². The van der Waals surface area contributed by atoms with Crippen LogP contribution in [0.3, 0.4) is 0 Å². The molecular formula is C11H13ClN2O. The second-order valence-electron chi connectivity index (χ2n) is 3.93. The minimum absolute atomic E-state index is 0.0141. The molecule has 0 radical (unpaired) electrons. The SMILES string of the molecule is CCC1(C)Nc2c(Cl)cccc2NC1=O. The number of hydrogen-bond acceptors (Lipinski definition) is 2. The Balaban J connectivity index is 2.48. The predicted molar refractivity (Wildman–Crippen MR) is 62.4 cm³/mol. The van der Waals surface area contributed by atoms with Gasteiger partial charge in [-0.2, -0.15) is 0 Å². The summed E-state index contributed by atoms with van der Waals surface area (Å²) in [6.07, 6.45) is 0.712. The molecule has 1 aliphatic heterocycles. The zero-order chi connectivity index (χ0) is 11.1. The number of halogens is 1. The number of hydrogen-bond donors (Lipinski definition) is 2. The Bertz CT molecular complexity index is 419. The fourth-order valence-corrected chi connectivity index (χ4v) is 1.82. The zero-order valence-electron chi connectivity index (χ0n) is 8.73. The van der Waals surface area contributed by atoms with Gasteiger partial charge in [0.2, 0.25) is 5.91 Å². The van der Waals surface area contributed by atoms with E-state index in [0.717, 1.165) is 11.4 Å². The Kier molecular flexibility index (Phi) is 2.35. The highest BCUT2D eigenvalue weighted by molar-refractivity contribution is 6.34. The molecular weight excluding hydrogens is 212 g/mol. The Morgan fingerprint density at radius 2 is 2.20 bits per heavy atom. The van der Waals surface area contributed by atoms with Gasteiger partial charge in [0.15, 0.2) is 0 Å². The van der Waals surface area contributed by atoms with Gasteiger partial charge in [-0.1, -0.05) is 24.6 Å². The number of fused-ring (bicyclic) bond motifs is 1. The molecule has 1 heterocycles. The Morgan fingerprint density at radius 1 is 1.47 bits per heavy atom. The van der Waals surface area contributed by atoms with E-state index in [4.69, 9.17) is 11.6 Å². The lowest BCUT2D eigenvalue weighted by atomic mass is 9.94. The fraction of sp³-hybridized carbons (Fsp3) is 0.364. The average molecular weight is 225 g/mol. The number of carbonyl (C=O) groups excluding carboxylic acids is 1. The standard InChI is InChI=1S/C11H13ClN2O/c1-3-11(2)10(15)13-8-6-4-5-7(12)9(8)14-11/h4-6,14H,3H2,1-2H3,(H,13,15). The van der Waals surface area contributed by atoms with E-state index in [2.05, 4.69) is 10.6 Å². The van der Waals surface area contributed by atoms with Gasteiger partial charge in [-0.25, -0.2) is 0 Å². The molecule has 1 aliphatic rings. The van der Waals surface area contributed by atoms with Crippen LogP contribution in [0, 0.1) is 0 Å². The summed E-state index contributed by atoms with van der Waals surface area (Å²) in [5.41, 5.74) is 0.986. The van der Waals surface area contributed by atoms with Gasteiger partial charge in [-0.05, 0) is 25.5 Å². The molecule has 1 amide bonds. The summed E-state index contributed by atoms with van der Waals surface area (Å²) in [5, 5.41) is 6.69. The van der Waals surface area contributed by atoms with Crippen molar-refractivity contribution in [3.8, 4) is 0 Å². The summed E-state index contributed by atoms with van der Waals surface area (Å²) in [6, 6.07) is 5.46. The van der Waals surface area contributed by atoms with Crippen LogP contribution >= 0.6 is 11.6 Å². The Morgan fingerprint density at radius 3 is 2.87 bits per heavy atom. The Labute approximate surface area is 93.8 Å². The zero-order valence-corrected chi connectivity index (χ0v) is 9.48. The van der Waals surface area contributed by atoms with Gasteiger partial charge >= 0.3 is 0 Å². The highest BCUT2D eigenvalue weighted by atomic mass is 35.5. The van der Waals surface area contributed by atoms with Crippen molar-refractivity contribution in [1.82, 2.24) is 0 Å². The molecule has 15 heavy (non-hydrogen) atoms. The van der Waals surface area contributed by atoms with Gasteiger partial charge in [0, 0.05) is 0 Å². The van der Waals surface area contributed by atoms with E-state index in [0.29, 0.717) is 11.4 Å². The van der Waals surface area contributed by atoms with Gasteiger partial charge < -0.3 is 10.6 Å². The second-order valence-corrected chi connectivity index (χ2v) is 4.33. The molecule has 1 aromatic rings. The number of para-hydroxylation sites is 1. The van der Waals surface area contributed by atoms with Crippen LogP contribution in [0.4, 0.5) is 11.4 Å². The summed E-state index contributed by atoms with van der Waals surface area (Å²) in [5.74, 6) is -0.0141. The van der Waals surface area contributed by atoms with Crippen LogP contribution < -0.4 is 10.6 Å². The topological polar surface area (TPSA) is 41.1 Å². The van der Waals surface area contributed by atoms with Crippen LogP contribution in [0.1, 0.15) is 20.3 Å². The number of benzene rings is 1. The van der Waals surface area contributed by atoms with E-state index in [1.54, 1.807) is 6.07 Å². The summed E-state index contributed by atoms with van der Waals surface area (Å²) < 4.78 is 0. The van der Waals surface area contributed by atoms with Crippen molar-refractivity contribution in [3.63, 3.8) is 0 Å². The average Bonchev–Trinajstić information content (AvgIpc) is 2.22. The molecule has 2 rings (SSSR count). The van der Waals surface area contributed by atoms with Crippen LogP contribution in [-0.4, -0.2) is 11.4 Å². The molecule has 80 valence electrons. The van der Waals surface area contributed by atoms with E-state index >= 15 is 0 Å². The summed E-state index contributed by atoms with van der Waals surface area (Å²) in [7, 11) is 0. The molecule has 0 aromatic heterocycles. The lowest BCUT2D eigenvalue weighted by Gasteiger charge is -2.35. The molecule has 0 spiro atoms. The van der Waals surface area contributed by atoms with E-state index in [1.165, 1.54) is 0 Å². The van der Waals surface area contributed by atoms with Crippen LogP contribution in [0.5, 0.6) is 0 Å². The first kappa shape index (κ1) is 10.3. The molecule has 4 heteroatoms. The van der Waals surface area contributed by atoms with Crippen molar-refractivity contribution in [2.45, 2.75) is 25.8 Å². The van der Waals surface area contributed by atoms with Crippen molar-refractivity contribution in [1.29, 1.82) is 0 Å². The third kappa shape index (κ3) is 1.57. The maximum absolute atomic E-state index is 11.8. The molecule has 0 saturated carbocycles. The largest absolute Gasteiger partial charge is 0.369 e. The van der Waals surface area contributed by atoms with Crippen LogP contribution in [0.2, 0.25) is 5.02 Å². The number of carbonyl (C=O) groups is 1. The summed E-state index contributed by atoms with van der Waals surface area (Å²) >= 11 is 6.06. The first-order chi connectivity index (χ1) is 7.07. The first-order valence-corrected chi connectivity index (χ1v) is 5.33. The maximum Gasteiger partial charge on any atom is 0.249 e. The monoisotopic (exact) mass is 224 g/mol. The van der Waals surface area contributed by atoms with Gasteiger partial charge in [0.05, 0.1) is 16.4 Å². The molecule has 0 saturated heterocycles. The van der Waals surface area contributed by atoms with Crippen molar-refractivity contribution < 1.29 is 4.79 Å². The van der Waals surface area contributed by atoms with Crippen molar-refractivity contribution in [2.24, 2.45) is 0 Å². The van der Waals surface area contributed by atoms with Crippen LogP contribution in [0.15, 0.2) is 18.2 Å². The number of rotatable bonds is 1. The van der Waals surface area contributed by atoms with Crippen molar-refractivity contribution >= 4 is 28.9 Å². The minimum Gasteiger partial charge on any atom is -0.369 e. The van der Waals surface area contributed by atoms with E-state index in [1.807, 2.05) is 26.0 Å².